The molecule has 80 valence electrons. The number of nitrogens with two attached hydrogens (primary N) is 1. The molecule has 1 saturated carbocycles. The van der Waals surface area contributed by atoms with Gasteiger partial charge < -0.3 is 10.5 Å². The minimum atomic E-state index is 0.480. The molecule has 2 N–H and O–H groups in total. The Morgan fingerprint density at radius 3 is 2.21 bits per heavy atom. The lowest BCUT2D eigenvalue weighted by atomic mass is 9.75. The molecule has 0 aromatic rings. The van der Waals surface area contributed by atoms with E-state index < -0.39 is 0 Å². The number of likely N-dealkylation sites (tertiary alicyclic amines) is 1. The summed E-state index contributed by atoms with van der Waals surface area (Å²) in [7, 11) is 0. The van der Waals surface area contributed by atoms with E-state index in [2.05, 4.69) is 4.90 Å². The third-order valence-electron chi connectivity index (χ3n) is 4.15. The number of hydrogen-bond donors (Lipinski definition) is 1. The van der Waals surface area contributed by atoms with Crippen molar-refractivity contribution in [2.24, 2.45) is 11.1 Å². The van der Waals surface area contributed by atoms with Gasteiger partial charge in [-0.25, -0.2) is 0 Å². The minimum Gasteiger partial charge on any atom is -0.380 e. The number of ether oxygens (including phenoxy) is 1. The van der Waals surface area contributed by atoms with Gasteiger partial charge in [0, 0.05) is 30.6 Å². The van der Waals surface area contributed by atoms with Crippen LogP contribution in [0.5, 0.6) is 0 Å². The molecule has 0 radical (unpaired) electrons. The van der Waals surface area contributed by atoms with E-state index in [1.807, 2.05) is 0 Å². The van der Waals surface area contributed by atoms with Crippen LogP contribution in [0.15, 0.2) is 0 Å². The van der Waals surface area contributed by atoms with E-state index in [4.69, 9.17) is 10.5 Å². The van der Waals surface area contributed by atoms with E-state index in [1.165, 1.54) is 38.8 Å². The predicted octanol–water partition coefficient (Wildman–Crippen LogP) is 0.588. The zero-order valence-corrected chi connectivity index (χ0v) is 8.74. The molecule has 3 heteroatoms. The van der Waals surface area contributed by atoms with Crippen molar-refractivity contribution in [1.82, 2.24) is 4.90 Å². The van der Waals surface area contributed by atoms with Gasteiger partial charge >= 0.3 is 0 Å². The molecule has 0 amide bonds. The van der Waals surface area contributed by atoms with E-state index in [9.17, 15) is 0 Å². The highest BCUT2D eigenvalue weighted by atomic mass is 16.5. The Morgan fingerprint density at radius 2 is 1.71 bits per heavy atom. The Bertz CT molecular complexity index is 211. The lowest BCUT2D eigenvalue weighted by molar-refractivity contribution is -0.200. The summed E-state index contributed by atoms with van der Waals surface area (Å²) in [6.45, 7) is 4.59. The van der Waals surface area contributed by atoms with Crippen LogP contribution in [-0.4, -0.2) is 43.3 Å². The average Bonchev–Trinajstić information content (AvgIpc) is 2.03. The zero-order valence-electron chi connectivity index (χ0n) is 8.74. The first-order valence-corrected chi connectivity index (χ1v) is 5.85. The Labute approximate surface area is 85.6 Å². The average molecular weight is 196 g/mol. The van der Waals surface area contributed by atoms with Crippen molar-refractivity contribution >= 4 is 0 Å². The molecule has 0 bridgehead atoms. The van der Waals surface area contributed by atoms with E-state index in [0.29, 0.717) is 11.5 Å². The van der Waals surface area contributed by atoms with E-state index >= 15 is 0 Å². The van der Waals surface area contributed by atoms with Crippen LogP contribution in [0.1, 0.15) is 25.7 Å². The summed E-state index contributed by atoms with van der Waals surface area (Å²) in [6, 6.07) is 1.31. The van der Waals surface area contributed by atoms with Gasteiger partial charge in [0.1, 0.15) is 0 Å². The first-order chi connectivity index (χ1) is 6.77. The van der Waals surface area contributed by atoms with Gasteiger partial charge in [-0.1, -0.05) is 0 Å². The molecule has 2 saturated heterocycles. The summed E-state index contributed by atoms with van der Waals surface area (Å²) < 4.78 is 5.29. The van der Waals surface area contributed by atoms with Crippen molar-refractivity contribution in [2.75, 3.05) is 26.3 Å². The molecule has 3 fully saturated rings. The smallest absolute Gasteiger partial charge is 0.0569 e. The Morgan fingerprint density at radius 1 is 1.07 bits per heavy atom. The van der Waals surface area contributed by atoms with Gasteiger partial charge in [-0.05, 0) is 25.7 Å². The van der Waals surface area contributed by atoms with Crippen LogP contribution >= 0.6 is 0 Å². The van der Waals surface area contributed by atoms with Crippen LogP contribution in [0.2, 0.25) is 0 Å². The minimum absolute atomic E-state index is 0.480. The van der Waals surface area contributed by atoms with Gasteiger partial charge in [-0.2, -0.15) is 0 Å². The van der Waals surface area contributed by atoms with Gasteiger partial charge in [-0.15, -0.1) is 0 Å². The van der Waals surface area contributed by atoms with Crippen molar-refractivity contribution in [3.63, 3.8) is 0 Å². The summed E-state index contributed by atoms with van der Waals surface area (Å²) in [6.07, 6.45) is 5.09. The fourth-order valence-electron chi connectivity index (χ4n) is 3.11. The molecule has 2 aliphatic heterocycles. The van der Waals surface area contributed by atoms with Crippen molar-refractivity contribution < 1.29 is 4.74 Å². The standard InChI is InChI=1S/C11H20N2O/c12-9-1-3-10(4-2-9)13-5-11(6-13)7-14-8-11/h9-10H,1-8,12H2/t9-,10-. The highest BCUT2D eigenvalue weighted by Gasteiger charge is 2.50. The third-order valence-corrected chi connectivity index (χ3v) is 4.15. The zero-order chi connectivity index (χ0) is 9.60. The van der Waals surface area contributed by atoms with Crippen molar-refractivity contribution in [3.05, 3.63) is 0 Å². The number of hydrogen-bond acceptors (Lipinski definition) is 3. The van der Waals surface area contributed by atoms with Gasteiger partial charge in [0.2, 0.25) is 0 Å². The first kappa shape index (κ1) is 9.13. The van der Waals surface area contributed by atoms with Crippen LogP contribution in [0.25, 0.3) is 0 Å². The molecule has 1 spiro atoms. The quantitative estimate of drug-likeness (QED) is 0.667. The Hall–Kier alpha value is -0.120. The lowest BCUT2D eigenvalue weighted by Crippen LogP contribution is -2.68. The summed E-state index contributed by atoms with van der Waals surface area (Å²) >= 11 is 0. The van der Waals surface area contributed by atoms with Gasteiger partial charge in [0.25, 0.3) is 0 Å². The van der Waals surface area contributed by atoms with E-state index in [0.717, 1.165) is 19.3 Å². The van der Waals surface area contributed by atoms with Crippen LogP contribution in [-0.2, 0) is 4.74 Å². The molecule has 3 aliphatic rings. The monoisotopic (exact) mass is 196 g/mol. The fourth-order valence-corrected chi connectivity index (χ4v) is 3.11. The second-order valence-corrected chi connectivity index (χ2v) is 5.47. The molecule has 0 atom stereocenters. The second kappa shape index (κ2) is 3.19. The Kier molecular flexibility index (Phi) is 2.08. The molecule has 0 aromatic carbocycles. The lowest BCUT2D eigenvalue weighted by Gasteiger charge is -2.58. The summed E-state index contributed by atoms with van der Waals surface area (Å²) in [5.41, 5.74) is 6.49. The van der Waals surface area contributed by atoms with Gasteiger partial charge in [-0.3, -0.25) is 4.90 Å². The van der Waals surface area contributed by atoms with Crippen molar-refractivity contribution in [3.8, 4) is 0 Å². The summed E-state index contributed by atoms with van der Waals surface area (Å²) in [4.78, 5) is 2.65. The summed E-state index contributed by atoms with van der Waals surface area (Å²) in [5.74, 6) is 0. The maximum atomic E-state index is 5.91. The van der Waals surface area contributed by atoms with Crippen molar-refractivity contribution in [1.29, 1.82) is 0 Å². The second-order valence-electron chi connectivity index (χ2n) is 5.47. The van der Waals surface area contributed by atoms with Gasteiger partial charge in [0.05, 0.1) is 13.2 Å². The Balaban J connectivity index is 1.49. The van der Waals surface area contributed by atoms with Crippen LogP contribution in [0.4, 0.5) is 0 Å². The highest BCUT2D eigenvalue weighted by Crippen LogP contribution is 2.40. The van der Waals surface area contributed by atoms with Crippen LogP contribution in [0.3, 0.4) is 0 Å². The molecule has 3 nitrogen and oxygen atoms in total. The van der Waals surface area contributed by atoms with Crippen molar-refractivity contribution in [2.45, 2.75) is 37.8 Å². The highest BCUT2D eigenvalue weighted by molar-refractivity contribution is 5.02. The molecule has 14 heavy (non-hydrogen) atoms. The number of rotatable bonds is 1. The first-order valence-electron chi connectivity index (χ1n) is 5.85. The van der Waals surface area contributed by atoms with Crippen LogP contribution < -0.4 is 5.73 Å². The molecular weight excluding hydrogens is 176 g/mol. The maximum absolute atomic E-state index is 5.91. The fraction of sp³-hybridized carbons (Fsp3) is 1.00. The molecule has 0 aromatic heterocycles. The van der Waals surface area contributed by atoms with E-state index in [1.54, 1.807) is 0 Å². The largest absolute Gasteiger partial charge is 0.380 e. The third kappa shape index (κ3) is 1.38. The van der Waals surface area contributed by atoms with Gasteiger partial charge in [0.15, 0.2) is 0 Å². The SMILES string of the molecule is N[C@H]1CC[C@H](N2CC3(COC3)C2)CC1. The molecule has 0 unspecified atom stereocenters. The molecule has 1 aliphatic carbocycles. The predicted molar refractivity (Wildman–Crippen MR) is 55.1 cm³/mol. The molecule has 2 heterocycles. The number of nitrogens with zero attached hydrogens (tertiary/aromatic N) is 1. The molecule has 3 rings (SSSR count). The normalized spacial score (nSPS) is 41.8. The maximum Gasteiger partial charge on any atom is 0.0569 e. The van der Waals surface area contributed by atoms with Crippen LogP contribution in [0, 0.1) is 5.41 Å². The topological polar surface area (TPSA) is 38.5 Å². The summed E-state index contributed by atoms with van der Waals surface area (Å²) in [5, 5.41) is 0. The molecular formula is C11H20N2O. The van der Waals surface area contributed by atoms with E-state index in [-0.39, 0.29) is 0 Å².